The first kappa shape index (κ1) is 11.6. The van der Waals surface area contributed by atoms with Gasteiger partial charge in [-0.25, -0.2) is 0 Å². The van der Waals surface area contributed by atoms with E-state index in [4.69, 9.17) is 19.7 Å². The van der Waals surface area contributed by atoms with E-state index < -0.39 is 5.79 Å². The molecule has 4 heteroatoms. The van der Waals surface area contributed by atoms with E-state index in [1.54, 1.807) is 13.0 Å². The Balaban J connectivity index is 4.68. The van der Waals surface area contributed by atoms with E-state index in [2.05, 4.69) is 0 Å². The first-order valence-electron chi connectivity index (χ1n) is 3.68. The molecule has 12 heavy (non-hydrogen) atoms. The molecule has 0 unspecified atom stereocenters. The molecular weight excluding hydrogens is 160 g/mol. The van der Waals surface area contributed by atoms with Gasteiger partial charge >= 0.3 is 0 Å². The van der Waals surface area contributed by atoms with Crippen LogP contribution in [0.3, 0.4) is 0 Å². The normalized spacial score (nSPS) is 13.6. The van der Waals surface area contributed by atoms with Crippen LogP contribution in [0.4, 0.5) is 0 Å². The van der Waals surface area contributed by atoms with Gasteiger partial charge in [0.25, 0.3) is 0 Å². The zero-order chi connectivity index (χ0) is 9.61. The fraction of sp³-hybridized carbons (Fsp3) is 0.750. The van der Waals surface area contributed by atoms with Crippen LogP contribution >= 0.6 is 0 Å². The maximum Gasteiger partial charge on any atom is 0.216 e. The summed E-state index contributed by atoms with van der Waals surface area (Å²) >= 11 is 0. The molecule has 0 amide bonds. The summed E-state index contributed by atoms with van der Waals surface area (Å²) in [7, 11) is 2.83. The number of rotatable bonds is 5. The molecule has 0 aromatic heterocycles. The van der Waals surface area contributed by atoms with E-state index in [0.717, 1.165) is 0 Å². The molecule has 72 valence electrons. The van der Waals surface area contributed by atoms with E-state index in [1.807, 2.05) is 0 Å². The third kappa shape index (κ3) is 2.04. The van der Waals surface area contributed by atoms with Gasteiger partial charge in [0.05, 0.1) is 6.61 Å². The minimum absolute atomic E-state index is 0.196. The molecule has 0 fully saturated rings. The second-order valence-corrected chi connectivity index (χ2v) is 2.29. The SMILES string of the molecule is CC=C(CO)C(CO)(OC)OC. The van der Waals surface area contributed by atoms with E-state index in [9.17, 15) is 0 Å². The predicted octanol–water partition coefficient (Wildman–Crippen LogP) is -0.0936. The third-order valence-corrected chi connectivity index (χ3v) is 1.88. The lowest BCUT2D eigenvalue weighted by atomic mass is 10.1. The number of hydrogen-bond acceptors (Lipinski definition) is 4. The van der Waals surface area contributed by atoms with Crippen molar-refractivity contribution in [3.63, 3.8) is 0 Å². The molecule has 0 saturated carbocycles. The monoisotopic (exact) mass is 176 g/mol. The van der Waals surface area contributed by atoms with Gasteiger partial charge in [0, 0.05) is 19.8 Å². The summed E-state index contributed by atoms with van der Waals surface area (Å²) < 4.78 is 9.96. The van der Waals surface area contributed by atoms with Crippen LogP contribution in [0.15, 0.2) is 11.6 Å². The van der Waals surface area contributed by atoms with Crippen molar-refractivity contribution >= 4 is 0 Å². The summed E-state index contributed by atoms with van der Waals surface area (Å²) in [5, 5.41) is 17.9. The number of aliphatic hydroxyl groups excluding tert-OH is 2. The lowest BCUT2D eigenvalue weighted by molar-refractivity contribution is -0.203. The van der Waals surface area contributed by atoms with Gasteiger partial charge in [-0.2, -0.15) is 0 Å². The van der Waals surface area contributed by atoms with Crippen molar-refractivity contribution < 1.29 is 19.7 Å². The molecule has 0 rings (SSSR count). The Hall–Kier alpha value is -0.420. The molecule has 0 spiro atoms. The number of ether oxygens (including phenoxy) is 2. The van der Waals surface area contributed by atoms with Crippen LogP contribution in [0, 0.1) is 0 Å². The Morgan fingerprint density at radius 1 is 1.33 bits per heavy atom. The molecule has 0 aliphatic heterocycles. The zero-order valence-corrected chi connectivity index (χ0v) is 7.70. The molecule has 0 aromatic rings. The first-order valence-corrected chi connectivity index (χ1v) is 3.68. The van der Waals surface area contributed by atoms with E-state index >= 15 is 0 Å². The van der Waals surface area contributed by atoms with Gasteiger partial charge in [0.1, 0.15) is 6.61 Å². The fourth-order valence-corrected chi connectivity index (χ4v) is 1.01. The van der Waals surface area contributed by atoms with Gasteiger partial charge in [-0.1, -0.05) is 6.08 Å². The minimum atomic E-state index is -1.19. The summed E-state index contributed by atoms with van der Waals surface area (Å²) in [6.07, 6.45) is 1.66. The van der Waals surface area contributed by atoms with Gasteiger partial charge in [0.15, 0.2) is 0 Å². The van der Waals surface area contributed by atoms with Crippen LogP contribution < -0.4 is 0 Å². The van der Waals surface area contributed by atoms with Gasteiger partial charge in [-0.15, -0.1) is 0 Å². The average molecular weight is 176 g/mol. The van der Waals surface area contributed by atoms with Gasteiger partial charge in [-0.3, -0.25) is 0 Å². The van der Waals surface area contributed by atoms with Crippen LogP contribution in [0.5, 0.6) is 0 Å². The van der Waals surface area contributed by atoms with E-state index in [0.29, 0.717) is 5.57 Å². The van der Waals surface area contributed by atoms with Gasteiger partial charge < -0.3 is 19.7 Å². The number of allylic oxidation sites excluding steroid dienone is 1. The Bertz CT molecular complexity index is 141. The standard InChI is InChI=1S/C8H16O4/c1-4-7(5-9)8(6-10,11-2)12-3/h4,9-10H,5-6H2,1-3H3. The van der Waals surface area contributed by atoms with Crippen molar-refractivity contribution in [2.24, 2.45) is 0 Å². The Labute approximate surface area is 72.4 Å². The minimum Gasteiger partial charge on any atom is -0.392 e. The van der Waals surface area contributed by atoms with Gasteiger partial charge in [-0.05, 0) is 6.92 Å². The van der Waals surface area contributed by atoms with E-state index in [1.165, 1.54) is 14.2 Å². The highest BCUT2D eigenvalue weighted by Crippen LogP contribution is 2.20. The van der Waals surface area contributed by atoms with Crippen LogP contribution in [0.25, 0.3) is 0 Å². The van der Waals surface area contributed by atoms with Crippen LogP contribution in [0.2, 0.25) is 0 Å². The van der Waals surface area contributed by atoms with Crippen molar-refractivity contribution in [2.45, 2.75) is 12.7 Å². The maximum absolute atomic E-state index is 9.01. The highest BCUT2D eigenvalue weighted by molar-refractivity contribution is 5.12. The highest BCUT2D eigenvalue weighted by Gasteiger charge is 2.32. The second kappa shape index (κ2) is 5.27. The predicted molar refractivity (Wildman–Crippen MR) is 44.7 cm³/mol. The Morgan fingerprint density at radius 3 is 1.92 bits per heavy atom. The van der Waals surface area contributed by atoms with Crippen LogP contribution in [0.1, 0.15) is 6.92 Å². The molecular formula is C8H16O4. The lowest BCUT2D eigenvalue weighted by Crippen LogP contribution is -2.41. The highest BCUT2D eigenvalue weighted by atomic mass is 16.7. The van der Waals surface area contributed by atoms with Crippen LogP contribution in [-0.4, -0.2) is 43.4 Å². The van der Waals surface area contributed by atoms with Crippen molar-refractivity contribution in [3.05, 3.63) is 11.6 Å². The van der Waals surface area contributed by atoms with Crippen molar-refractivity contribution in [2.75, 3.05) is 27.4 Å². The molecule has 0 heterocycles. The smallest absolute Gasteiger partial charge is 0.216 e. The molecule has 0 aliphatic carbocycles. The topological polar surface area (TPSA) is 58.9 Å². The molecule has 0 atom stereocenters. The second-order valence-electron chi connectivity index (χ2n) is 2.29. The molecule has 2 N–H and O–H groups in total. The quantitative estimate of drug-likeness (QED) is 0.454. The average Bonchev–Trinajstić information content (AvgIpc) is 2.14. The molecule has 0 aromatic carbocycles. The molecule has 0 saturated heterocycles. The van der Waals surface area contributed by atoms with Crippen molar-refractivity contribution in [1.82, 2.24) is 0 Å². The number of hydrogen-bond donors (Lipinski definition) is 2. The Morgan fingerprint density at radius 2 is 1.83 bits per heavy atom. The number of methoxy groups -OCH3 is 2. The molecule has 0 bridgehead atoms. The Kier molecular flexibility index (Phi) is 5.08. The molecule has 4 nitrogen and oxygen atoms in total. The molecule has 0 aliphatic rings. The first-order chi connectivity index (χ1) is 5.70. The summed E-state index contributed by atoms with van der Waals surface area (Å²) in [6, 6.07) is 0. The summed E-state index contributed by atoms with van der Waals surface area (Å²) in [4.78, 5) is 0. The zero-order valence-electron chi connectivity index (χ0n) is 7.70. The third-order valence-electron chi connectivity index (χ3n) is 1.88. The summed E-state index contributed by atoms with van der Waals surface area (Å²) in [5.74, 6) is -1.19. The maximum atomic E-state index is 9.01. The van der Waals surface area contributed by atoms with Crippen LogP contribution in [-0.2, 0) is 9.47 Å². The van der Waals surface area contributed by atoms with Crippen molar-refractivity contribution in [1.29, 1.82) is 0 Å². The molecule has 0 radical (unpaired) electrons. The van der Waals surface area contributed by atoms with Gasteiger partial charge in [0.2, 0.25) is 5.79 Å². The lowest BCUT2D eigenvalue weighted by Gasteiger charge is -2.30. The van der Waals surface area contributed by atoms with E-state index in [-0.39, 0.29) is 13.2 Å². The van der Waals surface area contributed by atoms with Crippen molar-refractivity contribution in [3.8, 4) is 0 Å². The summed E-state index contributed by atoms with van der Waals surface area (Å²) in [6.45, 7) is 1.23. The fourth-order valence-electron chi connectivity index (χ4n) is 1.01. The number of aliphatic hydroxyl groups is 2. The summed E-state index contributed by atoms with van der Waals surface area (Å²) in [5.41, 5.74) is 0.509. The largest absolute Gasteiger partial charge is 0.392 e.